The van der Waals surface area contributed by atoms with Crippen LogP contribution in [0.3, 0.4) is 0 Å². The topological polar surface area (TPSA) is 0 Å². The predicted octanol–water partition coefficient (Wildman–Crippen LogP) is 5.49. The summed E-state index contributed by atoms with van der Waals surface area (Å²) in [6, 6.07) is 13.4. The fraction of sp³-hybridized carbons (Fsp3) is 0.300. The normalized spacial score (nSPS) is 14.7. The highest BCUT2D eigenvalue weighted by molar-refractivity contribution is 6.10. The van der Waals surface area contributed by atoms with Crippen molar-refractivity contribution in [1.29, 1.82) is 0 Å². The second kappa shape index (κ2) is 4.34. The van der Waals surface area contributed by atoms with E-state index in [1.165, 1.54) is 58.4 Å². The summed E-state index contributed by atoms with van der Waals surface area (Å²) < 4.78 is 0. The fourth-order valence-electron chi connectivity index (χ4n) is 4.03. The third-order valence-corrected chi connectivity index (χ3v) is 5.08. The van der Waals surface area contributed by atoms with Gasteiger partial charge in [-0.2, -0.15) is 0 Å². The number of rotatable bonds is 0. The van der Waals surface area contributed by atoms with Crippen LogP contribution in [0.25, 0.3) is 21.5 Å². The van der Waals surface area contributed by atoms with E-state index in [9.17, 15) is 0 Å². The zero-order chi connectivity index (χ0) is 13.7. The minimum atomic E-state index is 1.27. The zero-order valence-corrected chi connectivity index (χ0v) is 12.3. The molecule has 0 aliphatic heterocycles. The standard InChI is InChI=1S/C20H20/c1-13-16-8-5-6-9-17(16)14(2)20-18(13)12-11-15-7-3-4-10-19(15)20/h3-4,7,10-12H,5-6,8-9H2,1-2H3. The van der Waals surface area contributed by atoms with Crippen molar-refractivity contribution in [1.82, 2.24) is 0 Å². The Kier molecular flexibility index (Phi) is 2.60. The molecule has 0 amide bonds. The van der Waals surface area contributed by atoms with Gasteiger partial charge in [-0.25, -0.2) is 0 Å². The van der Waals surface area contributed by atoms with Crippen LogP contribution in [0.2, 0.25) is 0 Å². The summed E-state index contributed by atoms with van der Waals surface area (Å²) in [5.41, 5.74) is 6.32. The Hall–Kier alpha value is -1.82. The molecular weight excluding hydrogens is 240 g/mol. The average Bonchev–Trinajstić information content (AvgIpc) is 2.51. The van der Waals surface area contributed by atoms with E-state index in [1.807, 2.05) is 0 Å². The molecule has 0 N–H and O–H groups in total. The lowest BCUT2D eigenvalue weighted by Gasteiger charge is -2.23. The lowest BCUT2D eigenvalue weighted by molar-refractivity contribution is 0.680. The Bertz CT molecular complexity index is 824. The molecule has 0 saturated carbocycles. The van der Waals surface area contributed by atoms with E-state index in [0.717, 1.165) is 0 Å². The maximum Gasteiger partial charge on any atom is -0.00705 e. The van der Waals surface area contributed by atoms with Crippen LogP contribution in [-0.4, -0.2) is 0 Å². The van der Waals surface area contributed by atoms with Crippen molar-refractivity contribution in [3.63, 3.8) is 0 Å². The minimum absolute atomic E-state index is 1.27. The Morgan fingerprint density at radius 3 is 2.20 bits per heavy atom. The van der Waals surface area contributed by atoms with Crippen molar-refractivity contribution >= 4 is 21.5 Å². The minimum Gasteiger partial charge on any atom is -0.0616 e. The van der Waals surface area contributed by atoms with E-state index < -0.39 is 0 Å². The summed E-state index contributed by atoms with van der Waals surface area (Å²) in [4.78, 5) is 0. The summed E-state index contributed by atoms with van der Waals surface area (Å²) in [6.45, 7) is 4.65. The van der Waals surface area contributed by atoms with Crippen molar-refractivity contribution in [2.24, 2.45) is 0 Å². The summed E-state index contributed by atoms with van der Waals surface area (Å²) >= 11 is 0. The van der Waals surface area contributed by atoms with Gasteiger partial charge in [0.15, 0.2) is 0 Å². The zero-order valence-electron chi connectivity index (χ0n) is 12.3. The fourth-order valence-corrected chi connectivity index (χ4v) is 4.03. The number of aryl methyl sites for hydroxylation is 2. The second-order valence-electron chi connectivity index (χ2n) is 6.12. The first-order valence-electron chi connectivity index (χ1n) is 7.70. The van der Waals surface area contributed by atoms with Crippen LogP contribution in [0.1, 0.15) is 35.1 Å². The molecule has 3 aromatic carbocycles. The molecule has 0 heteroatoms. The molecule has 100 valence electrons. The molecule has 0 heterocycles. The molecule has 0 aromatic heterocycles. The van der Waals surface area contributed by atoms with Crippen molar-refractivity contribution < 1.29 is 0 Å². The van der Waals surface area contributed by atoms with Gasteiger partial charge in [-0.15, -0.1) is 0 Å². The maximum absolute atomic E-state index is 2.33. The molecule has 0 radical (unpaired) electrons. The highest BCUT2D eigenvalue weighted by atomic mass is 14.2. The Balaban J connectivity index is 2.24. The summed E-state index contributed by atoms with van der Waals surface area (Å²) in [7, 11) is 0. The third kappa shape index (κ3) is 1.54. The summed E-state index contributed by atoms with van der Waals surface area (Å²) in [6.07, 6.45) is 5.24. The van der Waals surface area contributed by atoms with Crippen LogP contribution in [0.5, 0.6) is 0 Å². The molecular formula is C20H20. The van der Waals surface area contributed by atoms with E-state index in [2.05, 4.69) is 50.2 Å². The number of fused-ring (bicyclic) bond motifs is 4. The lowest BCUT2D eigenvalue weighted by Crippen LogP contribution is -2.08. The molecule has 1 aliphatic rings. The number of hydrogen-bond acceptors (Lipinski definition) is 0. The molecule has 3 aromatic rings. The quantitative estimate of drug-likeness (QED) is 0.469. The lowest BCUT2D eigenvalue weighted by atomic mass is 9.81. The highest BCUT2D eigenvalue weighted by Gasteiger charge is 2.18. The van der Waals surface area contributed by atoms with Crippen molar-refractivity contribution in [3.05, 3.63) is 58.7 Å². The van der Waals surface area contributed by atoms with E-state index in [-0.39, 0.29) is 0 Å². The van der Waals surface area contributed by atoms with Crippen LogP contribution < -0.4 is 0 Å². The molecule has 20 heavy (non-hydrogen) atoms. The van der Waals surface area contributed by atoms with E-state index in [1.54, 1.807) is 11.1 Å². The Morgan fingerprint density at radius 1 is 0.700 bits per heavy atom. The van der Waals surface area contributed by atoms with E-state index >= 15 is 0 Å². The van der Waals surface area contributed by atoms with Crippen LogP contribution >= 0.6 is 0 Å². The van der Waals surface area contributed by atoms with Crippen molar-refractivity contribution in [2.45, 2.75) is 39.5 Å². The molecule has 0 saturated heterocycles. The molecule has 0 fully saturated rings. The van der Waals surface area contributed by atoms with E-state index in [4.69, 9.17) is 0 Å². The highest BCUT2D eigenvalue weighted by Crippen LogP contribution is 2.37. The Morgan fingerprint density at radius 2 is 1.40 bits per heavy atom. The molecule has 0 atom stereocenters. The number of hydrogen-bond donors (Lipinski definition) is 0. The van der Waals surface area contributed by atoms with Gasteiger partial charge < -0.3 is 0 Å². The van der Waals surface area contributed by atoms with Gasteiger partial charge in [-0.1, -0.05) is 36.4 Å². The summed E-state index contributed by atoms with van der Waals surface area (Å²) in [5, 5.41) is 5.72. The first-order valence-corrected chi connectivity index (χ1v) is 7.70. The van der Waals surface area contributed by atoms with Gasteiger partial charge in [0.05, 0.1) is 0 Å². The molecule has 1 aliphatic carbocycles. The predicted molar refractivity (Wildman–Crippen MR) is 87.6 cm³/mol. The number of benzene rings is 3. The third-order valence-electron chi connectivity index (χ3n) is 5.08. The molecule has 0 bridgehead atoms. The van der Waals surface area contributed by atoms with Gasteiger partial charge in [0.25, 0.3) is 0 Å². The maximum atomic E-state index is 2.33. The molecule has 4 rings (SSSR count). The van der Waals surface area contributed by atoms with Crippen molar-refractivity contribution in [3.8, 4) is 0 Å². The van der Waals surface area contributed by atoms with Gasteiger partial charge in [0.2, 0.25) is 0 Å². The Labute approximate surface area is 120 Å². The first kappa shape index (κ1) is 12.0. The van der Waals surface area contributed by atoms with Crippen LogP contribution in [-0.2, 0) is 12.8 Å². The van der Waals surface area contributed by atoms with Gasteiger partial charge in [-0.3, -0.25) is 0 Å². The SMILES string of the molecule is Cc1c2c(c(C)c3c1ccc1ccccc13)CCCC2. The molecule has 0 spiro atoms. The van der Waals surface area contributed by atoms with Gasteiger partial charge in [0.1, 0.15) is 0 Å². The van der Waals surface area contributed by atoms with Crippen LogP contribution in [0, 0.1) is 13.8 Å². The first-order chi connectivity index (χ1) is 9.77. The molecule has 0 nitrogen and oxygen atoms in total. The van der Waals surface area contributed by atoms with Crippen LogP contribution in [0.15, 0.2) is 36.4 Å². The van der Waals surface area contributed by atoms with Crippen LogP contribution in [0.4, 0.5) is 0 Å². The van der Waals surface area contributed by atoms with Crippen molar-refractivity contribution in [2.75, 3.05) is 0 Å². The monoisotopic (exact) mass is 260 g/mol. The summed E-state index contributed by atoms with van der Waals surface area (Å²) in [5.74, 6) is 0. The average molecular weight is 260 g/mol. The molecule has 0 unspecified atom stereocenters. The second-order valence-corrected chi connectivity index (χ2v) is 6.12. The van der Waals surface area contributed by atoms with Gasteiger partial charge >= 0.3 is 0 Å². The largest absolute Gasteiger partial charge is 0.0616 e. The smallest absolute Gasteiger partial charge is 0.00705 e. The van der Waals surface area contributed by atoms with Gasteiger partial charge in [0, 0.05) is 0 Å². The van der Waals surface area contributed by atoms with E-state index in [0.29, 0.717) is 0 Å². The van der Waals surface area contributed by atoms with Gasteiger partial charge in [-0.05, 0) is 83.3 Å².